The van der Waals surface area contributed by atoms with E-state index in [2.05, 4.69) is 4.52 Å². The number of hydrogen-bond donors (Lipinski definition) is 14. The fourth-order valence-electron chi connectivity index (χ4n) is 3.49. The van der Waals surface area contributed by atoms with Crippen LogP contribution >= 0.6 is 7.82 Å². The number of ether oxygens (including phenoxy) is 3. The molecule has 0 spiro atoms. The molecule has 2 saturated heterocycles. The molecule has 232 valence electrons. The third kappa shape index (κ3) is 9.08. The molecule has 0 saturated carbocycles. The highest BCUT2D eigenvalue weighted by Gasteiger charge is 2.58. The number of rotatable bonds is 12. The molecule has 13 atom stereocenters. The van der Waals surface area contributed by atoms with Gasteiger partial charge < -0.3 is 90.1 Å². The third-order valence-corrected chi connectivity index (χ3v) is 6.25. The van der Waals surface area contributed by atoms with Crippen LogP contribution in [0, 0.1) is 0 Å². The summed E-state index contributed by atoms with van der Waals surface area (Å²) in [5, 5.41) is 112. The van der Waals surface area contributed by atoms with E-state index >= 15 is 0 Å². The van der Waals surface area contributed by atoms with Gasteiger partial charge in [-0.05, 0) is 0 Å². The maximum atomic E-state index is 10.4. The van der Waals surface area contributed by atoms with Crippen molar-refractivity contribution in [2.24, 2.45) is 0 Å². The van der Waals surface area contributed by atoms with Crippen molar-refractivity contribution in [1.29, 1.82) is 0 Å². The molecule has 0 unspecified atom stereocenters. The second kappa shape index (κ2) is 15.4. The van der Waals surface area contributed by atoms with Crippen molar-refractivity contribution in [2.45, 2.75) is 79.2 Å². The molecule has 0 aromatic heterocycles. The summed E-state index contributed by atoms with van der Waals surface area (Å²) in [5.74, 6) is -2.22. The van der Waals surface area contributed by atoms with Gasteiger partial charge in [0.15, 0.2) is 18.7 Å². The van der Waals surface area contributed by atoms with Gasteiger partial charge >= 0.3 is 7.82 Å². The number of aliphatic hydroxyl groups is 12. The number of phosphoric acid groups is 1. The molecule has 39 heavy (non-hydrogen) atoms. The Bertz CT molecular complexity index is 782. The van der Waals surface area contributed by atoms with E-state index in [0.717, 1.165) is 0 Å². The maximum absolute atomic E-state index is 10.4. The number of aldehydes is 1. The molecule has 2 aliphatic rings. The van der Waals surface area contributed by atoms with Crippen molar-refractivity contribution in [3.8, 4) is 0 Å². The first kappa shape index (κ1) is 36.2. The van der Waals surface area contributed by atoms with Crippen LogP contribution in [-0.2, 0) is 28.1 Å². The number of carbonyl (C=O) groups is 1. The summed E-state index contributed by atoms with van der Waals surface area (Å²) < 4.78 is 29.7. The fourth-order valence-corrected chi connectivity index (χ4v) is 3.98. The van der Waals surface area contributed by atoms with Gasteiger partial charge in [-0.1, -0.05) is 0 Å². The Kier molecular flexibility index (Phi) is 14.3. The standard InChI is InChI=1S/C12H22O11.C6H13O9P/c13-1-4-6(16)8(18)9(19)11(21-4)23-12(3-15)10(20)7(17)5(2-14)22-12;7-1-3(9)5(10)6(11)4(2-8)15-16(12,13)14/h4-11,13-20H,1-3H2;2-7,9-11H,1H2,(H2,12,13,14)/t4-,5-,6-,7-,8+,9-,10+,11-,12+;3-,4+,5-,6-/m11/s1. The molecule has 2 fully saturated rings. The summed E-state index contributed by atoms with van der Waals surface area (Å²) in [6.07, 6.45) is -20.6. The van der Waals surface area contributed by atoms with Crippen LogP contribution < -0.4 is 0 Å². The summed E-state index contributed by atoms with van der Waals surface area (Å²) in [4.78, 5) is 27.1. The van der Waals surface area contributed by atoms with Gasteiger partial charge in [-0.25, -0.2) is 4.57 Å². The lowest BCUT2D eigenvalue weighted by Gasteiger charge is -2.43. The smallest absolute Gasteiger partial charge is 0.394 e. The zero-order chi connectivity index (χ0) is 30.3. The summed E-state index contributed by atoms with van der Waals surface area (Å²) in [6, 6.07) is 0. The maximum Gasteiger partial charge on any atom is 0.470 e. The lowest BCUT2D eigenvalue weighted by atomic mass is 9.99. The normalized spacial score (nSPS) is 38.3. The molecule has 0 amide bonds. The van der Waals surface area contributed by atoms with Gasteiger partial charge in [-0.15, -0.1) is 0 Å². The van der Waals surface area contributed by atoms with Crippen LogP contribution in [0.5, 0.6) is 0 Å². The van der Waals surface area contributed by atoms with E-state index in [4.69, 9.17) is 49.5 Å². The van der Waals surface area contributed by atoms with E-state index in [1.807, 2.05) is 0 Å². The average Bonchev–Trinajstić information content (AvgIpc) is 3.15. The third-order valence-electron chi connectivity index (χ3n) is 5.73. The van der Waals surface area contributed by atoms with Gasteiger partial charge in [0.2, 0.25) is 5.79 Å². The van der Waals surface area contributed by atoms with Gasteiger partial charge in [0.1, 0.15) is 67.6 Å². The minimum Gasteiger partial charge on any atom is -0.394 e. The molecule has 0 bridgehead atoms. The van der Waals surface area contributed by atoms with Crippen LogP contribution in [0.25, 0.3) is 0 Å². The van der Waals surface area contributed by atoms with Gasteiger partial charge in [0.25, 0.3) is 0 Å². The van der Waals surface area contributed by atoms with E-state index in [9.17, 15) is 45.1 Å². The van der Waals surface area contributed by atoms with Crippen molar-refractivity contribution in [3.63, 3.8) is 0 Å². The zero-order valence-corrected chi connectivity index (χ0v) is 20.9. The molecule has 0 radical (unpaired) electrons. The Morgan fingerprint density at radius 1 is 0.846 bits per heavy atom. The molecular weight excluding hydrogens is 567 g/mol. The largest absolute Gasteiger partial charge is 0.470 e. The van der Waals surface area contributed by atoms with E-state index < -0.39 is 113 Å². The fraction of sp³-hybridized carbons (Fsp3) is 0.944. The van der Waals surface area contributed by atoms with Crippen LogP contribution in [0.4, 0.5) is 0 Å². The molecule has 0 aromatic carbocycles. The highest BCUT2D eigenvalue weighted by Crippen LogP contribution is 2.38. The summed E-state index contributed by atoms with van der Waals surface area (Å²) in [7, 11) is -5.02. The van der Waals surface area contributed by atoms with E-state index in [-0.39, 0.29) is 6.29 Å². The predicted octanol–water partition coefficient (Wildman–Crippen LogP) is -8.66. The lowest BCUT2D eigenvalue weighted by molar-refractivity contribution is -0.383. The van der Waals surface area contributed by atoms with Crippen molar-refractivity contribution in [2.75, 3.05) is 26.4 Å². The number of hydrogen-bond acceptors (Lipinski definition) is 18. The monoisotopic (exact) mass is 602 g/mol. The van der Waals surface area contributed by atoms with Gasteiger partial charge in [-0.2, -0.15) is 0 Å². The molecule has 0 aliphatic carbocycles. The van der Waals surface area contributed by atoms with Crippen LogP contribution in [-0.4, -0.2) is 183 Å². The lowest BCUT2D eigenvalue weighted by Crippen LogP contribution is -2.62. The van der Waals surface area contributed by atoms with Crippen LogP contribution in [0.1, 0.15) is 0 Å². The van der Waals surface area contributed by atoms with Crippen LogP contribution in [0.15, 0.2) is 0 Å². The van der Waals surface area contributed by atoms with Crippen LogP contribution in [0.3, 0.4) is 0 Å². The summed E-state index contributed by atoms with van der Waals surface area (Å²) >= 11 is 0. The Balaban J connectivity index is 0.000000420. The zero-order valence-electron chi connectivity index (χ0n) is 20.0. The summed E-state index contributed by atoms with van der Waals surface area (Å²) in [5.41, 5.74) is 0. The molecule has 2 aliphatic heterocycles. The second-order valence-corrected chi connectivity index (χ2v) is 9.68. The second-order valence-electron chi connectivity index (χ2n) is 8.49. The van der Waals surface area contributed by atoms with E-state index in [0.29, 0.717) is 0 Å². The van der Waals surface area contributed by atoms with Crippen molar-refractivity contribution >= 4 is 14.1 Å². The molecule has 20 nitrogen and oxygen atoms in total. The Hall–Kier alpha value is -0.820. The predicted molar refractivity (Wildman–Crippen MR) is 117 cm³/mol. The van der Waals surface area contributed by atoms with Crippen LogP contribution in [0.2, 0.25) is 0 Å². The van der Waals surface area contributed by atoms with Crippen molar-refractivity contribution in [1.82, 2.24) is 0 Å². The first-order valence-electron chi connectivity index (χ1n) is 11.1. The Labute approximate surface area is 219 Å². The molecule has 2 heterocycles. The molecule has 21 heteroatoms. The SMILES string of the molecule is O=C[C@H](OP(=O)(O)O)[C@@H](O)[C@H](O)[C@H](O)CO.OC[C@H]1O[C@@](CO)(O[C@H]2O[C@H](CO)[C@@H](O)[C@H](O)[C@H]2O)[C@@H](O)[C@@H]1O. The first-order chi connectivity index (χ1) is 18.0. The minimum absolute atomic E-state index is 0.142. The van der Waals surface area contributed by atoms with Crippen molar-refractivity contribution in [3.05, 3.63) is 0 Å². The molecular formula is C18H35O20P. The Morgan fingerprint density at radius 2 is 1.41 bits per heavy atom. The van der Waals surface area contributed by atoms with E-state index in [1.54, 1.807) is 0 Å². The molecule has 2 rings (SSSR count). The molecule has 0 aromatic rings. The summed E-state index contributed by atoms with van der Waals surface area (Å²) in [6.45, 7) is -3.23. The average molecular weight is 602 g/mol. The number of phosphoric ester groups is 1. The van der Waals surface area contributed by atoms with Gasteiger partial charge in [0, 0.05) is 0 Å². The number of carbonyl (C=O) groups excluding carboxylic acids is 1. The van der Waals surface area contributed by atoms with E-state index in [1.165, 1.54) is 0 Å². The first-order valence-corrected chi connectivity index (χ1v) is 12.6. The molecule has 14 N–H and O–H groups in total. The highest BCUT2D eigenvalue weighted by atomic mass is 31.2. The topological polar surface area (TPSA) is 354 Å². The highest BCUT2D eigenvalue weighted by molar-refractivity contribution is 7.46. The minimum atomic E-state index is -5.02. The quantitative estimate of drug-likeness (QED) is 0.0728. The van der Waals surface area contributed by atoms with Gasteiger partial charge in [0.05, 0.1) is 19.8 Å². The number of aliphatic hydroxyl groups excluding tert-OH is 12. The van der Waals surface area contributed by atoms with Gasteiger partial charge in [-0.3, -0.25) is 4.52 Å². The Morgan fingerprint density at radius 3 is 1.82 bits per heavy atom. The van der Waals surface area contributed by atoms with Crippen molar-refractivity contribution < 1.29 is 99.2 Å².